The number of amides is 1. The molecule has 0 fully saturated rings. The number of hydrogen-bond donors (Lipinski definition) is 0. The van der Waals surface area contributed by atoms with Crippen LogP contribution in [0, 0.1) is 3.57 Å². The molecule has 7 heteroatoms. The lowest BCUT2D eigenvalue weighted by molar-refractivity contribution is -0.132. The van der Waals surface area contributed by atoms with Crippen molar-refractivity contribution in [3.8, 4) is 0 Å². The van der Waals surface area contributed by atoms with E-state index >= 15 is 0 Å². The molecule has 1 heterocycles. The first-order chi connectivity index (χ1) is 7.84. The molecular weight excluding hydrogens is 356 g/mol. The zero-order chi connectivity index (χ0) is 13.2. The van der Waals surface area contributed by atoms with Crippen LogP contribution in [0.25, 0.3) is 0 Å². The standard InChI is InChI=1S/C10H13ClIN3O2/c1-6(2)14(3)7(16)4-15-5-13-9(11)8(12)10(15)17/h5-6H,4H2,1-3H3. The Hall–Kier alpha value is -0.630. The maximum absolute atomic E-state index is 11.8. The summed E-state index contributed by atoms with van der Waals surface area (Å²) in [7, 11) is 1.70. The monoisotopic (exact) mass is 369 g/mol. The molecule has 1 aromatic rings. The second-order valence-electron chi connectivity index (χ2n) is 3.88. The van der Waals surface area contributed by atoms with Crippen molar-refractivity contribution in [1.29, 1.82) is 0 Å². The summed E-state index contributed by atoms with van der Waals surface area (Å²) >= 11 is 7.53. The Bertz CT molecular complexity index is 487. The molecular formula is C10H13ClIN3O2. The van der Waals surface area contributed by atoms with Gasteiger partial charge in [0.1, 0.15) is 15.3 Å². The summed E-state index contributed by atoms with van der Waals surface area (Å²) in [6.07, 6.45) is 1.29. The van der Waals surface area contributed by atoms with Gasteiger partial charge in [-0.1, -0.05) is 11.6 Å². The first-order valence-electron chi connectivity index (χ1n) is 5.00. The largest absolute Gasteiger partial charge is 0.342 e. The van der Waals surface area contributed by atoms with E-state index in [1.54, 1.807) is 11.9 Å². The fourth-order valence-corrected chi connectivity index (χ4v) is 1.68. The van der Waals surface area contributed by atoms with Gasteiger partial charge in [-0.3, -0.25) is 14.2 Å². The lowest BCUT2D eigenvalue weighted by Gasteiger charge is -2.21. The Labute approximate surface area is 118 Å². The normalized spacial score (nSPS) is 10.7. The van der Waals surface area contributed by atoms with Crippen LogP contribution in [-0.4, -0.2) is 33.4 Å². The highest BCUT2D eigenvalue weighted by atomic mass is 127. The molecule has 17 heavy (non-hydrogen) atoms. The van der Waals surface area contributed by atoms with Crippen molar-refractivity contribution < 1.29 is 4.79 Å². The molecule has 0 saturated carbocycles. The molecule has 1 rings (SSSR count). The average Bonchev–Trinajstić information content (AvgIpc) is 2.28. The highest BCUT2D eigenvalue weighted by Crippen LogP contribution is 2.09. The molecule has 0 N–H and O–H groups in total. The molecule has 0 saturated heterocycles. The molecule has 0 aliphatic carbocycles. The van der Waals surface area contributed by atoms with Crippen LogP contribution in [0.1, 0.15) is 13.8 Å². The molecule has 0 radical (unpaired) electrons. The van der Waals surface area contributed by atoms with Crippen molar-refractivity contribution in [2.45, 2.75) is 26.4 Å². The summed E-state index contributed by atoms with van der Waals surface area (Å²) in [5, 5.41) is 0.163. The van der Waals surface area contributed by atoms with Crippen molar-refractivity contribution in [3.05, 3.63) is 25.4 Å². The number of carbonyl (C=O) groups is 1. The number of nitrogens with zero attached hydrogens (tertiary/aromatic N) is 3. The third-order valence-corrected chi connectivity index (χ3v) is 3.99. The molecule has 5 nitrogen and oxygen atoms in total. The molecule has 1 amide bonds. The Morgan fingerprint density at radius 1 is 1.65 bits per heavy atom. The van der Waals surface area contributed by atoms with E-state index in [9.17, 15) is 9.59 Å². The van der Waals surface area contributed by atoms with E-state index in [2.05, 4.69) is 4.98 Å². The third-order valence-electron chi connectivity index (χ3n) is 2.41. The fraction of sp³-hybridized carbons (Fsp3) is 0.500. The van der Waals surface area contributed by atoms with Crippen LogP contribution in [0.15, 0.2) is 11.1 Å². The van der Waals surface area contributed by atoms with Crippen molar-refractivity contribution in [2.24, 2.45) is 0 Å². The number of aromatic nitrogens is 2. The molecule has 0 atom stereocenters. The quantitative estimate of drug-likeness (QED) is 0.597. The van der Waals surface area contributed by atoms with Gasteiger partial charge in [-0.25, -0.2) is 4.98 Å². The van der Waals surface area contributed by atoms with Gasteiger partial charge in [-0.15, -0.1) is 0 Å². The van der Waals surface area contributed by atoms with Crippen molar-refractivity contribution in [3.63, 3.8) is 0 Å². The summed E-state index contributed by atoms with van der Waals surface area (Å²) in [6.45, 7) is 3.79. The van der Waals surface area contributed by atoms with Crippen LogP contribution in [0.3, 0.4) is 0 Å². The number of halogens is 2. The van der Waals surface area contributed by atoms with E-state index in [1.807, 2.05) is 36.4 Å². The predicted octanol–water partition coefficient (Wildman–Crippen LogP) is 1.37. The van der Waals surface area contributed by atoms with Crippen molar-refractivity contribution in [1.82, 2.24) is 14.5 Å². The van der Waals surface area contributed by atoms with E-state index in [-0.39, 0.29) is 29.2 Å². The van der Waals surface area contributed by atoms with Gasteiger partial charge in [0.15, 0.2) is 0 Å². The molecule has 0 aliphatic heterocycles. The molecule has 0 aliphatic rings. The van der Waals surface area contributed by atoms with E-state index in [0.717, 1.165) is 0 Å². The number of likely N-dealkylation sites (N-methyl/N-ethyl adjacent to an activating group) is 1. The highest BCUT2D eigenvalue weighted by molar-refractivity contribution is 14.1. The zero-order valence-electron chi connectivity index (χ0n) is 9.78. The van der Waals surface area contributed by atoms with Crippen LogP contribution in [0.2, 0.25) is 5.15 Å². The van der Waals surface area contributed by atoms with Gasteiger partial charge in [-0.2, -0.15) is 0 Å². The lowest BCUT2D eigenvalue weighted by atomic mass is 10.3. The molecule has 0 unspecified atom stereocenters. The van der Waals surface area contributed by atoms with Crippen LogP contribution in [0.4, 0.5) is 0 Å². The van der Waals surface area contributed by atoms with E-state index < -0.39 is 0 Å². The fourth-order valence-electron chi connectivity index (χ4n) is 1.10. The molecule has 0 spiro atoms. The number of hydrogen-bond acceptors (Lipinski definition) is 3. The van der Waals surface area contributed by atoms with Crippen molar-refractivity contribution >= 4 is 40.1 Å². The maximum atomic E-state index is 11.8. The number of carbonyl (C=O) groups excluding carboxylic acids is 1. The van der Waals surface area contributed by atoms with Crippen LogP contribution in [-0.2, 0) is 11.3 Å². The van der Waals surface area contributed by atoms with Crippen LogP contribution >= 0.6 is 34.2 Å². The summed E-state index contributed by atoms with van der Waals surface area (Å²) in [4.78, 5) is 29.0. The smallest absolute Gasteiger partial charge is 0.268 e. The maximum Gasteiger partial charge on any atom is 0.268 e. The molecule has 0 bridgehead atoms. The lowest BCUT2D eigenvalue weighted by Crippen LogP contribution is -2.38. The average molecular weight is 370 g/mol. The summed E-state index contributed by atoms with van der Waals surface area (Å²) in [5.74, 6) is -0.137. The third kappa shape index (κ3) is 3.41. The Balaban J connectivity index is 2.94. The predicted molar refractivity (Wildman–Crippen MR) is 74.1 cm³/mol. The Morgan fingerprint density at radius 2 is 2.24 bits per heavy atom. The van der Waals surface area contributed by atoms with Crippen molar-refractivity contribution in [2.75, 3.05) is 7.05 Å². The first kappa shape index (κ1) is 14.4. The Kier molecular flexibility index (Phi) is 4.93. The van der Waals surface area contributed by atoms with Gasteiger partial charge in [0.2, 0.25) is 5.91 Å². The van der Waals surface area contributed by atoms with Gasteiger partial charge < -0.3 is 4.90 Å². The van der Waals surface area contributed by atoms with Crippen LogP contribution < -0.4 is 5.56 Å². The number of rotatable bonds is 3. The molecule has 1 aromatic heterocycles. The van der Waals surface area contributed by atoms with Gasteiger partial charge in [-0.05, 0) is 36.4 Å². The van der Waals surface area contributed by atoms with E-state index in [1.165, 1.54) is 10.9 Å². The summed E-state index contributed by atoms with van der Waals surface area (Å²) in [5.41, 5.74) is -0.295. The summed E-state index contributed by atoms with van der Waals surface area (Å²) in [6, 6.07) is 0.0949. The minimum absolute atomic E-state index is 0.0202. The zero-order valence-corrected chi connectivity index (χ0v) is 12.7. The SMILES string of the molecule is CC(C)N(C)C(=O)Cn1cnc(Cl)c(I)c1=O. The van der Waals surface area contributed by atoms with E-state index in [0.29, 0.717) is 3.57 Å². The topological polar surface area (TPSA) is 55.2 Å². The van der Waals surface area contributed by atoms with Gasteiger partial charge in [0.05, 0.1) is 6.33 Å². The first-order valence-corrected chi connectivity index (χ1v) is 6.46. The van der Waals surface area contributed by atoms with Crippen LogP contribution in [0.5, 0.6) is 0 Å². The van der Waals surface area contributed by atoms with E-state index in [4.69, 9.17) is 11.6 Å². The van der Waals surface area contributed by atoms with Gasteiger partial charge >= 0.3 is 0 Å². The molecule has 0 aromatic carbocycles. The minimum Gasteiger partial charge on any atom is -0.342 e. The second-order valence-corrected chi connectivity index (χ2v) is 5.32. The minimum atomic E-state index is -0.295. The highest BCUT2D eigenvalue weighted by Gasteiger charge is 2.14. The summed E-state index contributed by atoms with van der Waals surface area (Å²) < 4.78 is 1.58. The van der Waals surface area contributed by atoms with Gasteiger partial charge in [0, 0.05) is 13.1 Å². The Morgan fingerprint density at radius 3 is 2.76 bits per heavy atom. The second kappa shape index (κ2) is 5.81. The molecule has 94 valence electrons. The van der Waals surface area contributed by atoms with Gasteiger partial charge in [0.25, 0.3) is 5.56 Å².